The van der Waals surface area contributed by atoms with Crippen LogP contribution in [-0.2, 0) is 6.42 Å². The van der Waals surface area contributed by atoms with Crippen LogP contribution in [0.4, 0.5) is 13.2 Å². The average molecular weight is 419 g/mol. The van der Waals surface area contributed by atoms with Gasteiger partial charge in [0.25, 0.3) is 0 Å². The molecule has 0 heterocycles. The van der Waals surface area contributed by atoms with E-state index in [2.05, 4.69) is 6.92 Å². The van der Waals surface area contributed by atoms with E-state index >= 15 is 4.39 Å². The lowest BCUT2D eigenvalue weighted by atomic mass is 9.96. The van der Waals surface area contributed by atoms with Crippen molar-refractivity contribution in [2.45, 2.75) is 39.0 Å². The molecule has 0 bridgehead atoms. The van der Waals surface area contributed by atoms with Gasteiger partial charge >= 0.3 is 0 Å². The van der Waals surface area contributed by atoms with Crippen LogP contribution in [0.25, 0.3) is 33.0 Å². The van der Waals surface area contributed by atoms with Gasteiger partial charge in [0.15, 0.2) is 0 Å². The first-order valence-electron chi connectivity index (χ1n) is 10.8. The molecule has 4 rings (SSSR count). The first-order valence-corrected chi connectivity index (χ1v) is 10.8. The Hall–Kier alpha value is -3.07. The second-order valence-corrected chi connectivity index (χ2v) is 7.99. The van der Waals surface area contributed by atoms with Gasteiger partial charge in [-0.25, -0.2) is 13.2 Å². The number of hydrogen-bond acceptors (Lipinski definition) is 0. The molecule has 158 valence electrons. The van der Waals surface area contributed by atoms with Crippen LogP contribution < -0.4 is 0 Å². The van der Waals surface area contributed by atoms with Gasteiger partial charge in [0.2, 0.25) is 0 Å². The zero-order valence-corrected chi connectivity index (χ0v) is 17.6. The van der Waals surface area contributed by atoms with E-state index in [9.17, 15) is 8.78 Å². The van der Waals surface area contributed by atoms with Crippen molar-refractivity contribution in [3.05, 3.63) is 95.8 Å². The lowest BCUT2D eigenvalue weighted by Gasteiger charge is -2.11. The monoisotopic (exact) mass is 418 g/mol. The molecule has 0 nitrogen and oxygen atoms in total. The molecule has 0 atom stereocenters. The SMILES string of the molecule is CCCCCCc1ccc2c(F)c(-c3ccc(-c4ccc(F)cc4)c(F)c3)ccc2c1. The van der Waals surface area contributed by atoms with Gasteiger partial charge < -0.3 is 0 Å². The van der Waals surface area contributed by atoms with Crippen molar-refractivity contribution in [3.63, 3.8) is 0 Å². The van der Waals surface area contributed by atoms with Gasteiger partial charge in [0.1, 0.15) is 17.5 Å². The van der Waals surface area contributed by atoms with E-state index in [1.54, 1.807) is 18.2 Å². The molecule has 4 aromatic carbocycles. The highest BCUT2D eigenvalue weighted by molar-refractivity contribution is 5.89. The van der Waals surface area contributed by atoms with Crippen LogP contribution in [0.15, 0.2) is 72.8 Å². The van der Waals surface area contributed by atoms with Crippen LogP contribution in [0, 0.1) is 17.5 Å². The summed E-state index contributed by atoms with van der Waals surface area (Å²) in [6, 6.07) is 19.8. The molecule has 0 N–H and O–H groups in total. The summed E-state index contributed by atoms with van der Waals surface area (Å²) >= 11 is 0. The van der Waals surface area contributed by atoms with Crippen molar-refractivity contribution in [1.29, 1.82) is 0 Å². The number of aryl methyl sites for hydroxylation is 1. The summed E-state index contributed by atoms with van der Waals surface area (Å²) in [6.07, 6.45) is 5.79. The fraction of sp³-hybridized carbons (Fsp3) is 0.214. The normalized spacial score (nSPS) is 11.2. The van der Waals surface area contributed by atoms with Crippen molar-refractivity contribution < 1.29 is 13.2 Å². The largest absolute Gasteiger partial charge is 0.207 e. The van der Waals surface area contributed by atoms with E-state index in [1.807, 2.05) is 24.3 Å². The van der Waals surface area contributed by atoms with Gasteiger partial charge in [0, 0.05) is 16.5 Å². The number of unbranched alkanes of at least 4 members (excludes halogenated alkanes) is 3. The first-order chi connectivity index (χ1) is 15.1. The van der Waals surface area contributed by atoms with Gasteiger partial charge in [0.05, 0.1) is 0 Å². The van der Waals surface area contributed by atoms with Gasteiger partial charge in [-0.2, -0.15) is 0 Å². The van der Waals surface area contributed by atoms with E-state index in [-0.39, 0.29) is 11.6 Å². The second kappa shape index (κ2) is 9.38. The number of halogens is 3. The predicted molar refractivity (Wildman–Crippen MR) is 123 cm³/mol. The van der Waals surface area contributed by atoms with Crippen molar-refractivity contribution in [3.8, 4) is 22.3 Å². The smallest absolute Gasteiger partial charge is 0.138 e. The molecule has 0 amide bonds. The van der Waals surface area contributed by atoms with E-state index in [0.29, 0.717) is 27.6 Å². The summed E-state index contributed by atoms with van der Waals surface area (Å²) in [7, 11) is 0. The third-order valence-electron chi connectivity index (χ3n) is 5.77. The van der Waals surface area contributed by atoms with Crippen molar-refractivity contribution in [2.24, 2.45) is 0 Å². The average Bonchev–Trinajstić information content (AvgIpc) is 2.78. The second-order valence-electron chi connectivity index (χ2n) is 7.99. The van der Waals surface area contributed by atoms with Crippen molar-refractivity contribution in [2.75, 3.05) is 0 Å². The van der Waals surface area contributed by atoms with Crippen LogP contribution in [0.5, 0.6) is 0 Å². The molecular formula is C28H25F3. The molecule has 3 heteroatoms. The Morgan fingerprint density at radius 2 is 1.39 bits per heavy atom. The zero-order valence-electron chi connectivity index (χ0n) is 17.6. The Bertz CT molecular complexity index is 1190. The Morgan fingerprint density at radius 1 is 0.645 bits per heavy atom. The van der Waals surface area contributed by atoms with Crippen LogP contribution >= 0.6 is 0 Å². The molecule has 0 fully saturated rings. The van der Waals surface area contributed by atoms with E-state index in [4.69, 9.17) is 0 Å². The Morgan fingerprint density at radius 3 is 2.13 bits per heavy atom. The standard InChI is InChI=1S/C28H25F3/c1-2-3-4-5-6-19-7-14-25-21(17-19)11-16-26(28(25)31)22-10-15-24(27(30)18-22)20-8-12-23(29)13-9-20/h7-18H,2-6H2,1H3. The maximum Gasteiger partial charge on any atom is 0.138 e. The zero-order chi connectivity index (χ0) is 21.8. The molecule has 0 aromatic heterocycles. The van der Waals surface area contributed by atoms with Gasteiger partial charge in [-0.05, 0) is 53.1 Å². The molecule has 0 saturated heterocycles. The first kappa shape index (κ1) is 21.2. The minimum atomic E-state index is -0.467. The molecule has 0 unspecified atom stereocenters. The number of hydrogen-bond donors (Lipinski definition) is 0. The lowest BCUT2D eigenvalue weighted by Crippen LogP contribution is -1.92. The molecule has 4 aromatic rings. The van der Waals surface area contributed by atoms with Crippen LogP contribution in [0.1, 0.15) is 38.2 Å². The number of fused-ring (bicyclic) bond motifs is 1. The maximum absolute atomic E-state index is 15.3. The maximum atomic E-state index is 15.3. The minimum absolute atomic E-state index is 0.344. The lowest BCUT2D eigenvalue weighted by molar-refractivity contribution is 0.625. The predicted octanol–water partition coefficient (Wildman–Crippen LogP) is 8.71. The number of rotatable bonds is 7. The minimum Gasteiger partial charge on any atom is -0.207 e. The van der Waals surface area contributed by atoms with Crippen molar-refractivity contribution >= 4 is 10.8 Å². The van der Waals surface area contributed by atoms with Gasteiger partial charge in [-0.1, -0.05) is 80.8 Å². The highest BCUT2D eigenvalue weighted by Crippen LogP contribution is 2.33. The molecule has 0 spiro atoms. The Labute approximate surface area is 181 Å². The number of benzene rings is 4. The molecule has 0 radical (unpaired) electrons. The fourth-order valence-corrected chi connectivity index (χ4v) is 4.02. The summed E-state index contributed by atoms with van der Waals surface area (Å²) in [6.45, 7) is 2.19. The summed E-state index contributed by atoms with van der Waals surface area (Å²) in [4.78, 5) is 0. The summed E-state index contributed by atoms with van der Waals surface area (Å²) in [5.41, 5.74) is 3.00. The molecule has 0 aliphatic heterocycles. The third-order valence-corrected chi connectivity index (χ3v) is 5.77. The quantitative estimate of drug-likeness (QED) is 0.263. The molecule has 0 aliphatic rings. The Kier molecular flexibility index (Phi) is 6.41. The summed E-state index contributed by atoms with van der Waals surface area (Å²) in [5, 5.41) is 1.40. The topological polar surface area (TPSA) is 0 Å². The third kappa shape index (κ3) is 4.66. The van der Waals surface area contributed by atoms with Crippen molar-refractivity contribution in [1.82, 2.24) is 0 Å². The van der Waals surface area contributed by atoms with Crippen LogP contribution in [0.3, 0.4) is 0 Å². The van der Waals surface area contributed by atoms with Gasteiger partial charge in [-0.3, -0.25) is 0 Å². The fourth-order valence-electron chi connectivity index (χ4n) is 4.02. The molecular weight excluding hydrogens is 393 g/mol. The highest BCUT2D eigenvalue weighted by Gasteiger charge is 2.13. The highest BCUT2D eigenvalue weighted by atomic mass is 19.1. The Balaban J connectivity index is 1.62. The van der Waals surface area contributed by atoms with Crippen LogP contribution in [0.2, 0.25) is 0 Å². The molecule has 0 aliphatic carbocycles. The van der Waals surface area contributed by atoms with Crippen LogP contribution in [-0.4, -0.2) is 0 Å². The van der Waals surface area contributed by atoms with E-state index in [1.165, 1.54) is 55.2 Å². The summed E-state index contributed by atoms with van der Waals surface area (Å²) < 4.78 is 43.2. The van der Waals surface area contributed by atoms with Gasteiger partial charge in [-0.15, -0.1) is 0 Å². The van der Waals surface area contributed by atoms with E-state index in [0.717, 1.165) is 18.2 Å². The summed E-state index contributed by atoms with van der Waals surface area (Å²) in [5.74, 6) is -1.18. The molecule has 0 saturated carbocycles. The van der Waals surface area contributed by atoms with E-state index < -0.39 is 5.82 Å². The molecule has 31 heavy (non-hydrogen) atoms.